The topological polar surface area (TPSA) is 26.3 Å². The molecule has 0 amide bonds. The summed E-state index contributed by atoms with van der Waals surface area (Å²) in [5, 5.41) is 2.48. The molecule has 0 aromatic heterocycles. The molecule has 0 aliphatic heterocycles. The summed E-state index contributed by atoms with van der Waals surface area (Å²) in [6.07, 6.45) is 0.910. The maximum atomic E-state index is 12.0. The number of hydrogen-bond donors (Lipinski definition) is 0. The minimum atomic E-state index is -0.395. The second-order valence-electron chi connectivity index (χ2n) is 6.59. The molecule has 2 aromatic rings. The first kappa shape index (κ1) is 13.2. The summed E-state index contributed by atoms with van der Waals surface area (Å²) in [7, 11) is 0. The third-order valence-corrected chi connectivity index (χ3v) is 3.70. The molecule has 2 nitrogen and oxygen atoms in total. The Morgan fingerprint density at radius 3 is 2.50 bits per heavy atom. The maximum absolute atomic E-state index is 12.0. The van der Waals surface area contributed by atoms with Crippen molar-refractivity contribution in [2.24, 2.45) is 5.92 Å². The van der Waals surface area contributed by atoms with Gasteiger partial charge in [0.25, 0.3) is 0 Å². The predicted octanol–water partition coefficient (Wildman–Crippen LogP) is 4.29. The van der Waals surface area contributed by atoms with Crippen molar-refractivity contribution in [3.63, 3.8) is 0 Å². The van der Waals surface area contributed by atoms with Crippen molar-refractivity contribution in [3.8, 4) is 0 Å². The molecule has 20 heavy (non-hydrogen) atoms. The standard InChI is InChI=1S/C18H20O2/c1-18(2,3)20-17(19)16-11-15(16)14-9-8-12-6-4-5-7-13(12)10-14/h4-10,15-16H,11H2,1-3H3. The van der Waals surface area contributed by atoms with Gasteiger partial charge < -0.3 is 4.74 Å². The lowest BCUT2D eigenvalue weighted by Crippen LogP contribution is -2.25. The second-order valence-corrected chi connectivity index (χ2v) is 6.59. The number of carbonyl (C=O) groups excluding carboxylic acids is 1. The number of rotatable bonds is 2. The Labute approximate surface area is 119 Å². The van der Waals surface area contributed by atoms with Gasteiger partial charge in [0.15, 0.2) is 0 Å². The van der Waals surface area contributed by atoms with Crippen molar-refractivity contribution in [2.45, 2.75) is 38.7 Å². The molecule has 0 bridgehead atoms. The van der Waals surface area contributed by atoms with Gasteiger partial charge in [-0.15, -0.1) is 0 Å². The van der Waals surface area contributed by atoms with Crippen LogP contribution < -0.4 is 0 Å². The second kappa shape index (κ2) is 4.62. The molecule has 0 radical (unpaired) electrons. The Balaban J connectivity index is 1.76. The van der Waals surface area contributed by atoms with Gasteiger partial charge in [0.2, 0.25) is 0 Å². The number of hydrogen-bond acceptors (Lipinski definition) is 2. The lowest BCUT2D eigenvalue weighted by Gasteiger charge is -2.19. The van der Waals surface area contributed by atoms with Crippen LogP contribution >= 0.6 is 0 Å². The van der Waals surface area contributed by atoms with Crippen molar-refractivity contribution >= 4 is 16.7 Å². The van der Waals surface area contributed by atoms with E-state index in [0.717, 1.165) is 6.42 Å². The van der Waals surface area contributed by atoms with Gasteiger partial charge in [-0.05, 0) is 49.4 Å². The van der Waals surface area contributed by atoms with Crippen molar-refractivity contribution in [3.05, 3.63) is 48.0 Å². The Morgan fingerprint density at radius 1 is 1.10 bits per heavy atom. The number of carbonyl (C=O) groups is 1. The van der Waals surface area contributed by atoms with E-state index in [4.69, 9.17) is 4.74 Å². The third kappa shape index (κ3) is 2.69. The van der Waals surface area contributed by atoms with E-state index in [0.29, 0.717) is 5.92 Å². The van der Waals surface area contributed by atoms with Gasteiger partial charge >= 0.3 is 5.97 Å². The van der Waals surface area contributed by atoms with Gasteiger partial charge in [0.05, 0.1) is 5.92 Å². The molecule has 1 aliphatic carbocycles. The molecule has 0 N–H and O–H groups in total. The van der Waals surface area contributed by atoms with Crippen LogP contribution in [0.1, 0.15) is 38.7 Å². The van der Waals surface area contributed by atoms with E-state index in [2.05, 4.69) is 30.3 Å². The van der Waals surface area contributed by atoms with Gasteiger partial charge in [-0.25, -0.2) is 0 Å². The van der Waals surface area contributed by atoms with Crippen LogP contribution in [0.25, 0.3) is 10.8 Å². The lowest BCUT2D eigenvalue weighted by atomic mass is 10.0. The normalized spacial score (nSPS) is 21.8. The predicted molar refractivity (Wildman–Crippen MR) is 80.6 cm³/mol. The largest absolute Gasteiger partial charge is 0.460 e. The molecule has 2 aromatic carbocycles. The minimum Gasteiger partial charge on any atom is -0.460 e. The average molecular weight is 268 g/mol. The summed E-state index contributed by atoms with van der Waals surface area (Å²) in [6.45, 7) is 5.74. The minimum absolute atomic E-state index is 0.0374. The average Bonchev–Trinajstić information content (AvgIpc) is 3.16. The van der Waals surface area contributed by atoms with E-state index in [-0.39, 0.29) is 11.9 Å². The van der Waals surface area contributed by atoms with Crippen LogP contribution in [0.3, 0.4) is 0 Å². The molecule has 2 heteroatoms. The summed E-state index contributed by atoms with van der Waals surface area (Å²) in [5.41, 5.74) is 0.854. The zero-order chi connectivity index (χ0) is 14.3. The Bertz CT molecular complexity index is 652. The zero-order valence-electron chi connectivity index (χ0n) is 12.2. The van der Waals surface area contributed by atoms with E-state index in [1.165, 1.54) is 16.3 Å². The van der Waals surface area contributed by atoms with Gasteiger partial charge in [-0.3, -0.25) is 4.79 Å². The summed E-state index contributed by atoms with van der Waals surface area (Å²) < 4.78 is 5.46. The van der Waals surface area contributed by atoms with Crippen molar-refractivity contribution in [1.82, 2.24) is 0 Å². The monoisotopic (exact) mass is 268 g/mol. The molecule has 0 spiro atoms. The number of benzene rings is 2. The first-order chi connectivity index (χ1) is 9.44. The van der Waals surface area contributed by atoms with E-state index >= 15 is 0 Å². The first-order valence-corrected chi connectivity index (χ1v) is 7.15. The van der Waals surface area contributed by atoms with Gasteiger partial charge in [-0.2, -0.15) is 0 Å². The molecule has 0 heterocycles. The summed E-state index contributed by atoms with van der Waals surface area (Å²) >= 11 is 0. The molecule has 104 valence electrons. The number of esters is 1. The van der Waals surface area contributed by atoms with E-state index in [1.54, 1.807) is 0 Å². The summed E-state index contributed by atoms with van der Waals surface area (Å²) in [6, 6.07) is 14.8. The Morgan fingerprint density at radius 2 is 1.80 bits per heavy atom. The highest BCUT2D eigenvalue weighted by Crippen LogP contribution is 2.49. The summed E-state index contributed by atoms with van der Waals surface area (Å²) in [4.78, 5) is 12.0. The fourth-order valence-corrected chi connectivity index (χ4v) is 2.64. The maximum Gasteiger partial charge on any atom is 0.310 e. The fraction of sp³-hybridized carbons (Fsp3) is 0.389. The molecular formula is C18H20O2. The van der Waals surface area contributed by atoms with Crippen LogP contribution in [0.5, 0.6) is 0 Å². The van der Waals surface area contributed by atoms with Crippen LogP contribution in [-0.2, 0) is 9.53 Å². The zero-order valence-corrected chi connectivity index (χ0v) is 12.2. The Kier molecular flexibility index (Phi) is 3.04. The van der Waals surface area contributed by atoms with Gasteiger partial charge in [0.1, 0.15) is 5.60 Å². The SMILES string of the molecule is CC(C)(C)OC(=O)C1CC1c1ccc2ccccc2c1. The third-order valence-electron chi connectivity index (χ3n) is 3.70. The quantitative estimate of drug-likeness (QED) is 0.760. The van der Waals surface area contributed by atoms with E-state index < -0.39 is 5.60 Å². The van der Waals surface area contributed by atoms with Crippen molar-refractivity contribution in [2.75, 3.05) is 0 Å². The van der Waals surface area contributed by atoms with E-state index in [9.17, 15) is 4.79 Å². The van der Waals surface area contributed by atoms with Crippen molar-refractivity contribution < 1.29 is 9.53 Å². The molecule has 0 saturated heterocycles. The van der Waals surface area contributed by atoms with Gasteiger partial charge in [-0.1, -0.05) is 42.5 Å². The molecule has 2 atom stereocenters. The summed E-state index contributed by atoms with van der Waals surface area (Å²) in [5.74, 6) is 0.306. The molecule has 1 aliphatic rings. The highest BCUT2D eigenvalue weighted by Gasteiger charge is 2.46. The lowest BCUT2D eigenvalue weighted by molar-refractivity contribution is -0.156. The molecule has 1 saturated carbocycles. The molecule has 3 rings (SSSR count). The molecule has 1 fully saturated rings. The van der Waals surface area contributed by atoms with Gasteiger partial charge in [0, 0.05) is 0 Å². The number of ether oxygens (including phenoxy) is 1. The van der Waals surface area contributed by atoms with E-state index in [1.807, 2.05) is 32.9 Å². The number of fused-ring (bicyclic) bond motifs is 1. The first-order valence-electron chi connectivity index (χ1n) is 7.15. The van der Waals surface area contributed by atoms with Crippen LogP contribution in [0.4, 0.5) is 0 Å². The highest BCUT2D eigenvalue weighted by molar-refractivity contribution is 5.84. The smallest absolute Gasteiger partial charge is 0.310 e. The molecular weight excluding hydrogens is 248 g/mol. The van der Waals surface area contributed by atoms with Crippen LogP contribution in [0, 0.1) is 5.92 Å². The molecule has 2 unspecified atom stereocenters. The van der Waals surface area contributed by atoms with Crippen LogP contribution in [0.2, 0.25) is 0 Å². The van der Waals surface area contributed by atoms with Crippen molar-refractivity contribution in [1.29, 1.82) is 0 Å². The van der Waals surface area contributed by atoms with Crippen LogP contribution in [0.15, 0.2) is 42.5 Å². The fourth-order valence-electron chi connectivity index (χ4n) is 2.64. The Hall–Kier alpha value is -1.83. The van der Waals surface area contributed by atoms with Crippen LogP contribution in [-0.4, -0.2) is 11.6 Å². The highest BCUT2D eigenvalue weighted by atomic mass is 16.6.